The summed E-state index contributed by atoms with van der Waals surface area (Å²) in [7, 11) is 1.87. The van der Waals surface area contributed by atoms with E-state index in [-0.39, 0.29) is 17.6 Å². The molecule has 1 fully saturated rings. The standard InChI is InChI=1S/C21H27N7O2/c1-12-17(15(4)29)13(2)25-18(12)19(30)14(3)27-6-8-28(9-7-27)21-16-10-24-26(5)20(16)22-11-23-21/h10-11,14,25H,6-9H2,1-5H3. The van der Waals surface area contributed by atoms with Gasteiger partial charge in [-0.1, -0.05) is 0 Å². The van der Waals surface area contributed by atoms with Crippen molar-refractivity contribution < 1.29 is 9.59 Å². The van der Waals surface area contributed by atoms with E-state index in [1.54, 1.807) is 17.2 Å². The van der Waals surface area contributed by atoms with Crippen LogP contribution in [0.15, 0.2) is 12.5 Å². The normalized spacial score (nSPS) is 16.2. The zero-order valence-corrected chi connectivity index (χ0v) is 18.1. The van der Waals surface area contributed by atoms with Crippen molar-refractivity contribution in [3.05, 3.63) is 35.0 Å². The molecule has 3 aromatic rings. The molecule has 1 saturated heterocycles. The molecule has 1 aliphatic rings. The topological polar surface area (TPSA) is 100 Å². The lowest BCUT2D eigenvalue weighted by atomic mass is 10.0. The highest BCUT2D eigenvalue weighted by molar-refractivity contribution is 6.05. The van der Waals surface area contributed by atoms with Gasteiger partial charge in [0, 0.05) is 44.5 Å². The number of carbonyl (C=O) groups excluding carboxylic acids is 2. The summed E-state index contributed by atoms with van der Waals surface area (Å²) in [6.45, 7) is 10.2. The van der Waals surface area contributed by atoms with Gasteiger partial charge in [0.15, 0.2) is 17.2 Å². The molecular formula is C21H27N7O2. The number of Topliss-reactive ketones (excluding diaryl/α,β-unsaturated/α-hetero) is 2. The smallest absolute Gasteiger partial charge is 0.196 e. The number of ketones is 2. The van der Waals surface area contributed by atoms with E-state index < -0.39 is 0 Å². The Balaban J connectivity index is 1.48. The van der Waals surface area contributed by atoms with Crippen LogP contribution in [0.2, 0.25) is 0 Å². The maximum Gasteiger partial charge on any atom is 0.196 e. The number of hydrogen-bond acceptors (Lipinski definition) is 7. The van der Waals surface area contributed by atoms with Gasteiger partial charge in [-0.25, -0.2) is 9.97 Å². The lowest BCUT2D eigenvalue weighted by molar-refractivity contribution is 0.0824. The minimum atomic E-state index is -0.271. The summed E-state index contributed by atoms with van der Waals surface area (Å²) < 4.78 is 1.74. The number of fused-ring (bicyclic) bond motifs is 1. The second-order valence-corrected chi connectivity index (χ2v) is 7.95. The van der Waals surface area contributed by atoms with Crippen molar-refractivity contribution in [1.82, 2.24) is 29.6 Å². The van der Waals surface area contributed by atoms with E-state index in [1.165, 1.54) is 6.92 Å². The molecule has 158 valence electrons. The Morgan fingerprint density at radius 2 is 1.83 bits per heavy atom. The van der Waals surface area contributed by atoms with Gasteiger partial charge in [0.2, 0.25) is 0 Å². The largest absolute Gasteiger partial charge is 0.355 e. The maximum absolute atomic E-state index is 13.2. The number of aromatic nitrogens is 5. The van der Waals surface area contributed by atoms with Gasteiger partial charge in [-0.15, -0.1) is 0 Å². The van der Waals surface area contributed by atoms with Crippen LogP contribution < -0.4 is 4.90 Å². The van der Waals surface area contributed by atoms with Gasteiger partial charge in [0.1, 0.15) is 12.1 Å². The van der Waals surface area contributed by atoms with Gasteiger partial charge in [0.05, 0.1) is 23.3 Å². The number of aryl methyl sites for hydroxylation is 2. The zero-order valence-electron chi connectivity index (χ0n) is 18.1. The molecule has 0 saturated carbocycles. The first kappa shape index (κ1) is 20.2. The van der Waals surface area contributed by atoms with E-state index >= 15 is 0 Å². The zero-order chi connectivity index (χ0) is 21.6. The van der Waals surface area contributed by atoms with Gasteiger partial charge < -0.3 is 9.88 Å². The fourth-order valence-electron chi connectivity index (χ4n) is 4.42. The van der Waals surface area contributed by atoms with Gasteiger partial charge in [-0.3, -0.25) is 19.2 Å². The summed E-state index contributed by atoms with van der Waals surface area (Å²) in [5.41, 5.74) is 3.48. The first-order valence-corrected chi connectivity index (χ1v) is 10.2. The first-order valence-electron chi connectivity index (χ1n) is 10.2. The third-order valence-electron chi connectivity index (χ3n) is 6.09. The van der Waals surface area contributed by atoms with Crippen LogP contribution in [-0.2, 0) is 7.05 Å². The number of nitrogens with one attached hydrogen (secondary N) is 1. The molecule has 4 heterocycles. The minimum absolute atomic E-state index is 0.0202. The number of piperazine rings is 1. The SMILES string of the molecule is CC(=O)c1c(C)[nH]c(C(=O)C(C)N2CCN(c3ncnc4c3cnn4C)CC2)c1C. The van der Waals surface area contributed by atoms with Crippen LogP contribution in [0.4, 0.5) is 5.82 Å². The molecule has 3 aromatic heterocycles. The van der Waals surface area contributed by atoms with Crippen molar-refractivity contribution >= 4 is 28.4 Å². The van der Waals surface area contributed by atoms with Gasteiger partial charge in [0.25, 0.3) is 0 Å². The van der Waals surface area contributed by atoms with Crippen LogP contribution >= 0.6 is 0 Å². The van der Waals surface area contributed by atoms with E-state index in [9.17, 15) is 9.59 Å². The van der Waals surface area contributed by atoms with Crippen molar-refractivity contribution in [2.45, 2.75) is 33.7 Å². The second kappa shape index (κ2) is 7.64. The molecule has 0 bridgehead atoms. The maximum atomic E-state index is 13.2. The van der Waals surface area contributed by atoms with Crippen LogP contribution in [0.25, 0.3) is 11.0 Å². The Bertz CT molecular complexity index is 1120. The molecule has 0 radical (unpaired) electrons. The molecular weight excluding hydrogens is 382 g/mol. The monoisotopic (exact) mass is 409 g/mol. The molecule has 30 heavy (non-hydrogen) atoms. The number of rotatable bonds is 5. The highest BCUT2D eigenvalue weighted by Crippen LogP contribution is 2.25. The average Bonchev–Trinajstić information content (AvgIpc) is 3.26. The Morgan fingerprint density at radius 3 is 2.47 bits per heavy atom. The van der Waals surface area contributed by atoms with Crippen molar-refractivity contribution in [3.8, 4) is 0 Å². The highest BCUT2D eigenvalue weighted by Gasteiger charge is 2.30. The summed E-state index contributed by atoms with van der Waals surface area (Å²) in [5, 5.41) is 5.22. The number of nitrogens with zero attached hydrogens (tertiary/aromatic N) is 6. The molecule has 1 atom stereocenters. The third kappa shape index (κ3) is 3.28. The molecule has 9 heteroatoms. The van der Waals surface area contributed by atoms with Gasteiger partial charge in [-0.2, -0.15) is 5.10 Å². The first-order chi connectivity index (χ1) is 14.3. The molecule has 0 aliphatic carbocycles. The summed E-state index contributed by atoms with van der Waals surface area (Å²) in [6.07, 6.45) is 3.37. The Labute approximate surface area is 175 Å². The quantitative estimate of drug-likeness (QED) is 0.643. The molecule has 0 spiro atoms. The van der Waals surface area contributed by atoms with Gasteiger partial charge in [-0.05, 0) is 33.3 Å². The Morgan fingerprint density at radius 1 is 1.13 bits per heavy atom. The number of aromatic amines is 1. The predicted octanol–water partition coefficient (Wildman–Crippen LogP) is 1.90. The van der Waals surface area contributed by atoms with Crippen molar-refractivity contribution in [2.24, 2.45) is 7.05 Å². The van der Waals surface area contributed by atoms with E-state index in [0.29, 0.717) is 11.3 Å². The van der Waals surface area contributed by atoms with Crippen LogP contribution in [-0.4, -0.2) is 73.4 Å². The van der Waals surface area contributed by atoms with E-state index in [2.05, 4.69) is 29.9 Å². The molecule has 1 aliphatic heterocycles. The van der Waals surface area contributed by atoms with Crippen molar-refractivity contribution in [3.63, 3.8) is 0 Å². The number of anilines is 1. The van der Waals surface area contributed by atoms with Crippen LogP contribution in [0, 0.1) is 13.8 Å². The third-order valence-corrected chi connectivity index (χ3v) is 6.09. The number of H-pyrrole nitrogens is 1. The Kier molecular flexibility index (Phi) is 5.15. The summed E-state index contributed by atoms with van der Waals surface area (Å²) >= 11 is 0. The van der Waals surface area contributed by atoms with E-state index in [1.807, 2.05) is 27.8 Å². The summed E-state index contributed by atoms with van der Waals surface area (Å²) in [5.74, 6) is 0.884. The lowest BCUT2D eigenvalue weighted by Crippen LogP contribution is -2.52. The second-order valence-electron chi connectivity index (χ2n) is 7.95. The molecule has 0 amide bonds. The fraction of sp³-hybridized carbons (Fsp3) is 0.476. The Hall–Kier alpha value is -3.07. The van der Waals surface area contributed by atoms with Gasteiger partial charge >= 0.3 is 0 Å². The highest BCUT2D eigenvalue weighted by atomic mass is 16.1. The molecule has 4 rings (SSSR count). The minimum Gasteiger partial charge on any atom is -0.355 e. The van der Waals surface area contributed by atoms with Crippen molar-refractivity contribution in [1.29, 1.82) is 0 Å². The average molecular weight is 409 g/mol. The number of hydrogen-bond donors (Lipinski definition) is 1. The van der Waals surface area contributed by atoms with Crippen LogP contribution in [0.5, 0.6) is 0 Å². The van der Waals surface area contributed by atoms with Crippen LogP contribution in [0.1, 0.15) is 46.0 Å². The molecule has 1 unspecified atom stereocenters. The molecule has 0 aromatic carbocycles. The van der Waals surface area contributed by atoms with E-state index in [4.69, 9.17) is 0 Å². The summed E-state index contributed by atoms with van der Waals surface area (Å²) in [4.78, 5) is 41.4. The summed E-state index contributed by atoms with van der Waals surface area (Å²) in [6, 6.07) is -0.271. The fourth-order valence-corrected chi connectivity index (χ4v) is 4.42. The lowest BCUT2D eigenvalue weighted by Gasteiger charge is -2.38. The molecule has 1 N–H and O–H groups in total. The van der Waals surface area contributed by atoms with E-state index in [0.717, 1.165) is 54.3 Å². The predicted molar refractivity (Wildman–Crippen MR) is 114 cm³/mol. The van der Waals surface area contributed by atoms with Crippen molar-refractivity contribution in [2.75, 3.05) is 31.1 Å². The molecule has 9 nitrogen and oxygen atoms in total. The van der Waals surface area contributed by atoms with Crippen LogP contribution in [0.3, 0.4) is 0 Å². The number of carbonyl (C=O) groups is 2.